The van der Waals surface area contributed by atoms with E-state index in [4.69, 9.17) is 15.2 Å². The van der Waals surface area contributed by atoms with Gasteiger partial charge in [0.15, 0.2) is 12.4 Å². The first-order valence-electron chi connectivity index (χ1n) is 7.38. The van der Waals surface area contributed by atoms with Gasteiger partial charge in [0.05, 0.1) is 7.11 Å². The van der Waals surface area contributed by atoms with Crippen molar-refractivity contribution in [3.8, 4) is 11.5 Å². The highest BCUT2D eigenvalue weighted by molar-refractivity contribution is 6.07. The summed E-state index contributed by atoms with van der Waals surface area (Å²) >= 11 is 0. The summed E-state index contributed by atoms with van der Waals surface area (Å²) in [6.07, 6.45) is 3.24. The molecule has 0 bridgehead atoms. The van der Waals surface area contributed by atoms with Gasteiger partial charge in [-0.1, -0.05) is 18.2 Å². The number of hydrogen-bond acceptors (Lipinski definition) is 4. The third-order valence-corrected chi connectivity index (χ3v) is 3.35. The lowest BCUT2D eigenvalue weighted by Crippen LogP contribution is -2.20. The van der Waals surface area contributed by atoms with Gasteiger partial charge in [0.1, 0.15) is 11.5 Å². The zero-order chi connectivity index (χ0) is 17.5. The second-order valence-electron chi connectivity index (χ2n) is 5.21. The lowest BCUT2D eigenvalue weighted by Gasteiger charge is -2.08. The molecule has 0 radical (unpaired) electrons. The van der Waals surface area contributed by atoms with E-state index >= 15 is 0 Å². The van der Waals surface area contributed by atoms with E-state index in [1.165, 1.54) is 6.08 Å². The molecule has 0 unspecified atom stereocenters. The number of carbonyl (C=O) groups is 2. The van der Waals surface area contributed by atoms with Crippen molar-refractivity contribution in [3.63, 3.8) is 0 Å². The van der Waals surface area contributed by atoms with E-state index in [1.807, 2.05) is 24.3 Å². The third kappa shape index (κ3) is 4.71. The van der Waals surface area contributed by atoms with Crippen LogP contribution < -0.4 is 15.2 Å². The molecule has 0 fully saturated rings. The molecule has 0 aliphatic carbocycles. The molecular weight excluding hydrogens is 306 g/mol. The van der Waals surface area contributed by atoms with Gasteiger partial charge in [0.25, 0.3) is 5.91 Å². The number of methoxy groups -OCH3 is 1. The number of hydrogen-bond donors (Lipinski definition) is 1. The number of allylic oxidation sites excluding steroid dienone is 1. The molecule has 0 saturated carbocycles. The molecule has 0 aliphatic rings. The van der Waals surface area contributed by atoms with Crippen LogP contribution in [0.5, 0.6) is 11.5 Å². The second kappa shape index (κ2) is 7.97. The molecule has 24 heavy (non-hydrogen) atoms. The Morgan fingerprint density at radius 2 is 1.96 bits per heavy atom. The van der Waals surface area contributed by atoms with Gasteiger partial charge >= 0.3 is 0 Å². The van der Waals surface area contributed by atoms with E-state index in [0.29, 0.717) is 11.3 Å². The van der Waals surface area contributed by atoms with Gasteiger partial charge in [-0.25, -0.2) is 0 Å². The summed E-state index contributed by atoms with van der Waals surface area (Å²) in [7, 11) is 1.60. The maximum atomic E-state index is 12.3. The van der Waals surface area contributed by atoms with Gasteiger partial charge in [-0.05, 0) is 54.5 Å². The van der Waals surface area contributed by atoms with Crippen molar-refractivity contribution in [2.24, 2.45) is 5.73 Å². The number of primary amides is 1. The molecule has 124 valence electrons. The molecule has 0 aliphatic heterocycles. The van der Waals surface area contributed by atoms with Crippen LogP contribution >= 0.6 is 0 Å². The minimum atomic E-state index is -0.546. The van der Waals surface area contributed by atoms with Crippen molar-refractivity contribution in [2.45, 2.75) is 6.92 Å². The second-order valence-corrected chi connectivity index (χ2v) is 5.21. The molecule has 0 saturated heterocycles. The fourth-order valence-corrected chi connectivity index (χ4v) is 2.13. The molecule has 1 amide bonds. The molecule has 0 aromatic heterocycles. The molecule has 0 heterocycles. The van der Waals surface area contributed by atoms with Crippen LogP contribution in [-0.4, -0.2) is 25.4 Å². The predicted molar refractivity (Wildman–Crippen MR) is 92.2 cm³/mol. The van der Waals surface area contributed by atoms with E-state index in [1.54, 1.807) is 38.3 Å². The summed E-state index contributed by atoms with van der Waals surface area (Å²) in [6, 6.07) is 12.5. The summed E-state index contributed by atoms with van der Waals surface area (Å²) in [5.41, 5.74) is 7.22. The number of benzene rings is 2. The number of aryl methyl sites for hydroxylation is 1. The number of ketones is 1. The Bertz CT molecular complexity index is 781. The molecule has 5 heteroatoms. The summed E-state index contributed by atoms with van der Waals surface area (Å²) in [6.45, 7) is 1.61. The molecule has 2 N–H and O–H groups in total. The SMILES string of the molecule is COc1cccc(/C=C/C(=O)c2ccc(OCC(N)=O)c(C)c2)c1. The minimum Gasteiger partial charge on any atom is -0.497 e. The zero-order valence-electron chi connectivity index (χ0n) is 13.6. The molecule has 2 aromatic rings. The summed E-state index contributed by atoms with van der Waals surface area (Å²) in [5.74, 6) is 0.594. The average molecular weight is 325 g/mol. The minimum absolute atomic E-state index is 0.123. The zero-order valence-corrected chi connectivity index (χ0v) is 13.6. The highest BCUT2D eigenvalue weighted by Gasteiger charge is 2.07. The molecule has 0 atom stereocenters. The van der Waals surface area contributed by atoms with Crippen LogP contribution in [0.15, 0.2) is 48.5 Å². The van der Waals surface area contributed by atoms with Crippen molar-refractivity contribution in [2.75, 3.05) is 13.7 Å². The van der Waals surface area contributed by atoms with Gasteiger partial charge < -0.3 is 15.2 Å². The van der Waals surface area contributed by atoms with Gasteiger partial charge in [0.2, 0.25) is 0 Å². The van der Waals surface area contributed by atoms with E-state index in [2.05, 4.69) is 0 Å². The Balaban J connectivity index is 2.10. The Morgan fingerprint density at radius 1 is 1.17 bits per heavy atom. The van der Waals surface area contributed by atoms with Crippen LogP contribution in [0.1, 0.15) is 21.5 Å². The monoisotopic (exact) mass is 325 g/mol. The predicted octanol–water partition coefficient (Wildman–Crippen LogP) is 2.76. The van der Waals surface area contributed by atoms with E-state index in [0.717, 1.165) is 16.9 Å². The smallest absolute Gasteiger partial charge is 0.255 e. The molecular formula is C19H19NO4. The van der Waals surface area contributed by atoms with Crippen LogP contribution in [-0.2, 0) is 4.79 Å². The van der Waals surface area contributed by atoms with Gasteiger partial charge in [-0.3, -0.25) is 9.59 Å². The number of amides is 1. The highest BCUT2D eigenvalue weighted by Crippen LogP contribution is 2.20. The standard InChI is InChI=1S/C19H19NO4/c1-13-10-15(7-9-18(13)24-12-19(20)22)17(21)8-6-14-4-3-5-16(11-14)23-2/h3-11H,12H2,1-2H3,(H2,20,22)/b8-6+. The van der Waals surface area contributed by atoms with Crippen molar-refractivity contribution in [1.29, 1.82) is 0 Å². The Morgan fingerprint density at radius 3 is 2.62 bits per heavy atom. The van der Waals surface area contributed by atoms with E-state index < -0.39 is 5.91 Å². The lowest BCUT2D eigenvalue weighted by molar-refractivity contribution is -0.119. The fraction of sp³-hybridized carbons (Fsp3) is 0.158. The molecule has 2 rings (SSSR count). The molecule has 0 spiro atoms. The Hall–Kier alpha value is -3.08. The van der Waals surface area contributed by atoms with Crippen LogP contribution in [0.4, 0.5) is 0 Å². The summed E-state index contributed by atoms with van der Waals surface area (Å²) in [4.78, 5) is 23.0. The quantitative estimate of drug-likeness (QED) is 0.627. The van der Waals surface area contributed by atoms with Crippen LogP contribution in [0, 0.1) is 6.92 Å². The summed E-state index contributed by atoms with van der Waals surface area (Å²) in [5, 5.41) is 0. The first kappa shape index (κ1) is 17.3. The molecule has 5 nitrogen and oxygen atoms in total. The van der Waals surface area contributed by atoms with E-state index in [-0.39, 0.29) is 12.4 Å². The van der Waals surface area contributed by atoms with E-state index in [9.17, 15) is 9.59 Å². The Kier molecular flexibility index (Phi) is 5.73. The third-order valence-electron chi connectivity index (χ3n) is 3.35. The largest absolute Gasteiger partial charge is 0.497 e. The highest BCUT2D eigenvalue weighted by atomic mass is 16.5. The number of carbonyl (C=O) groups excluding carboxylic acids is 2. The van der Waals surface area contributed by atoms with Gasteiger partial charge in [0, 0.05) is 5.56 Å². The number of nitrogens with two attached hydrogens (primary N) is 1. The lowest BCUT2D eigenvalue weighted by atomic mass is 10.1. The van der Waals surface area contributed by atoms with Crippen LogP contribution in [0.2, 0.25) is 0 Å². The van der Waals surface area contributed by atoms with Gasteiger partial charge in [-0.15, -0.1) is 0 Å². The first-order valence-corrected chi connectivity index (χ1v) is 7.38. The van der Waals surface area contributed by atoms with Crippen LogP contribution in [0.3, 0.4) is 0 Å². The maximum absolute atomic E-state index is 12.3. The Labute approximate surface area is 140 Å². The summed E-state index contributed by atoms with van der Waals surface area (Å²) < 4.78 is 10.4. The topological polar surface area (TPSA) is 78.6 Å². The fourth-order valence-electron chi connectivity index (χ4n) is 2.13. The van der Waals surface area contributed by atoms with Gasteiger partial charge in [-0.2, -0.15) is 0 Å². The van der Waals surface area contributed by atoms with Crippen molar-refractivity contribution < 1.29 is 19.1 Å². The first-order chi connectivity index (χ1) is 11.5. The normalized spacial score (nSPS) is 10.6. The molecule has 2 aromatic carbocycles. The van der Waals surface area contributed by atoms with Crippen molar-refractivity contribution >= 4 is 17.8 Å². The average Bonchev–Trinajstić information content (AvgIpc) is 2.58. The number of ether oxygens (including phenoxy) is 2. The van der Waals surface area contributed by atoms with Crippen LogP contribution in [0.25, 0.3) is 6.08 Å². The number of rotatable bonds is 7. The van der Waals surface area contributed by atoms with Crippen molar-refractivity contribution in [3.05, 3.63) is 65.2 Å². The maximum Gasteiger partial charge on any atom is 0.255 e. The van der Waals surface area contributed by atoms with Crippen molar-refractivity contribution in [1.82, 2.24) is 0 Å².